The van der Waals surface area contributed by atoms with Crippen LogP contribution in [-0.2, 0) is 14.8 Å². The average molecular weight is 286 g/mol. The van der Waals surface area contributed by atoms with Crippen molar-refractivity contribution in [2.45, 2.75) is 31.1 Å². The number of sulfonamides is 1. The summed E-state index contributed by atoms with van der Waals surface area (Å²) in [6, 6.07) is 6.13. The number of benzene rings is 1. The summed E-state index contributed by atoms with van der Waals surface area (Å²) in [6.07, 6.45) is 2.80. The van der Waals surface area contributed by atoms with Gasteiger partial charge in [0.1, 0.15) is 0 Å². The minimum absolute atomic E-state index is 0.230. The Labute approximate surface area is 115 Å². The lowest BCUT2D eigenvalue weighted by Crippen LogP contribution is -2.25. The number of nitrogens with two attached hydrogens (primary N) is 1. The molecule has 0 atom stereocenters. The number of anilines is 1. The van der Waals surface area contributed by atoms with Crippen LogP contribution in [0.5, 0.6) is 0 Å². The fraction of sp³-hybridized carbons (Fsp3) is 0.538. The predicted molar refractivity (Wildman–Crippen MR) is 76.4 cm³/mol. The first kappa shape index (κ1) is 15.9. The second-order valence-electron chi connectivity index (χ2n) is 4.29. The molecule has 0 fully saturated rings. The van der Waals surface area contributed by atoms with Gasteiger partial charge in [0.25, 0.3) is 0 Å². The summed E-state index contributed by atoms with van der Waals surface area (Å²) in [4.78, 5) is 0.230. The lowest BCUT2D eigenvalue weighted by atomic mass is 10.3. The van der Waals surface area contributed by atoms with Crippen molar-refractivity contribution in [1.82, 2.24) is 4.72 Å². The summed E-state index contributed by atoms with van der Waals surface area (Å²) < 4.78 is 31.7. The van der Waals surface area contributed by atoms with Crippen molar-refractivity contribution in [1.29, 1.82) is 0 Å². The van der Waals surface area contributed by atoms with Gasteiger partial charge in [-0.05, 0) is 37.1 Å². The molecule has 0 spiro atoms. The molecule has 19 heavy (non-hydrogen) atoms. The maximum atomic E-state index is 11.9. The van der Waals surface area contributed by atoms with Crippen LogP contribution in [0.4, 0.5) is 5.69 Å². The summed E-state index contributed by atoms with van der Waals surface area (Å²) in [5.74, 6) is 0. The third-order valence-corrected chi connectivity index (χ3v) is 4.07. The third-order valence-electron chi connectivity index (χ3n) is 2.59. The van der Waals surface area contributed by atoms with E-state index in [2.05, 4.69) is 11.6 Å². The number of hydrogen-bond donors (Lipinski definition) is 2. The molecular formula is C13H22N2O3S. The fourth-order valence-electron chi connectivity index (χ4n) is 1.46. The van der Waals surface area contributed by atoms with Crippen LogP contribution in [0.2, 0.25) is 0 Å². The van der Waals surface area contributed by atoms with Crippen LogP contribution in [0.3, 0.4) is 0 Å². The largest absolute Gasteiger partial charge is 0.399 e. The Bertz CT molecular complexity index is 457. The van der Waals surface area contributed by atoms with Crippen LogP contribution in [-0.4, -0.2) is 28.2 Å². The molecule has 0 heterocycles. The van der Waals surface area contributed by atoms with Crippen molar-refractivity contribution in [3.63, 3.8) is 0 Å². The first-order chi connectivity index (χ1) is 9.06. The van der Waals surface area contributed by atoms with Crippen LogP contribution >= 0.6 is 0 Å². The molecule has 0 aliphatic rings. The molecule has 0 unspecified atom stereocenters. The van der Waals surface area contributed by atoms with Crippen molar-refractivity contribution in [2.75, 3.05) is 25.5 Å². The van der Waals surface area contributed by atoms with Crippen LogP contribution in [0.25, 0.3) is 0 Å². The zero-order chi connectivity index (χ0) is 14.1. The maximum absolute atomic E-state index is 11.9. The molecule has 0 aliphatic carbocycles. The highest BCUT2D eigenvalue weighted by molar-refractivity contribution is 7.89. The van der Waals surface area contributed by atoms with Gasteiger partial charge in [0.05, 0.1) is 4.90 Å². The molecule has 3 N–H and O–H groups in total. The Morgan fingerprint density at radius 2 is 1.79 bits per heavy atom. The second-order valence-corrected chi connectivity index (χ2v) is 6.05. The Hall–Kier alpha value is -1.11. The van der Waals surface area contributed by atoms with Crippen molar-refractivity contribution in [3.8, 4) is 0 Å². The zero-order valence-electron chi connectivity index (χ0n) is 11.3. The summed E-state index contributed by atoms with van der Waals surface area (Å²) in [5.41, 5.74) is 6.06. The van der Waals surface area contributed by atoms with E-state index in [4.69, 9.17) is 10.5 Å². The van der Waals surface area contributed by atoms with Gasteiger partial charge in [0.15, 0.2) is 0 Å². The molecule has 0 saturated heterocycles. The summed E-state index contributed by atoms with van der Waals surface area (Å²) >= 11 is 0. The van der Waals surface area contributed by atoms with Gasteiger partial charge in [-0.1, -0.05) is 13.3 Å². The van der Waals surface area contributed by atoms with Gasteiger partial charge in [-0.15, -0.1) is 0 Å². The van der Waals surface area contributed by atoms with E-state index in [1.54, 1.807) is 12.1 Å². The van der Waals surface area contributed by atoms with Crippen LogP contribution in [0, 0.1) is 0 Å². The van der Waals surface area contributed by atoms with Gasteiger partial charge >= 0.3 is 0 Å². The molecule has 0 aliphatic heterocycles. The summed E-state index contributed by atoms with van der Waals surface area (Å²) in [5, 5.41) is 0. The number of nitrogen functional groups attached to an aromatic ring is 1. The van der Waals surface area contributed by atoms with Crippen molar-refractivity contribution < 1.29 is 13.2 Å². The van der Waals surface area contributed by atoms with Gasteiger partial charge < -0.3 is 10.5 Å². The molecule has 0 saturated carbocycles. The number of nitrogens with one attached hydrogen (secondary N) is 1. The highest BCUT2D eigenvalue weighted by atomic mass is 32.2. The van der Waals surface area contributed by atoms with Gasteiger partial charge in [0.2, 0.25) is 10.0 Å². The molecule has 0 radical (unpaired) electrons. The monoisotopic (exact) mass is 286 g/mol. The molecule has 1 aromatic carbocycles. The Balaban J connectivity index is 2.29. The lowest BCUT2D eigenvalue weighted by Gasteiger charge is -2.07. The van der Waals surface area contributed by atoms with E-state index in [-0.39, 0.29) is 4.90 Å². The third kappa shape index (κ3) is 6.04. The van der Waals surface area contributed by atoms with E-state index in [9.17, 15) is 8.42 Å². The SMILES string of the molecule is CCCCOCCCNS(=O)(=O)c1ccc(N)cc1. The van der Waals surface area contributed by atoms with Gasteiger partial charge in [0, 0.05) is 25.4 Å². The summed E-state index contributed by atoms with van der Waals surface area (Å²) in [6.45, 7) is 3.79. The maximum Gasteiger partial charge on any atom is 0.240 e. The quantitative estimate of drug-likeness (QED) is 0.535. The lowest BCUT2D eigenvalue weighted by molar-refractivity contribution is 0.130. The number of unbranched alkanes of at least 4 members (excludes halogenated alkanes) is 1. The molecule has 0 bridgehead atoms. The average Bonchev–Trinajstić information content (AvgIpc) is 2.38. The first-order valence-electron chi connectivity index (χ1n) is 6.49. The highest BCUT2D eigenvalue weighted by Crippen LogP contribution is 2.11. The van der Waals surface area contributed by atoms with Gasteiger partial charge in [-0.3, -0.25) is 0 Å². The van der Waals surface area contributed by atoms with Crippen molar-refractivity contribution >= 4 is 15.7 Å². The summed E-state index contributed by atoms with van der Waals surface area (Å²) in [7, 11) is -3.44. The van der Waals surface area contributed by atoms with Gasteiger partial charge in [-0.25, -0.2) is 13.1 Å². The van der Waals surface area contributed by atoms with Crippen LogP contribution in [0.15, 0.2) is 29.2 Å². The fourth-order valence-corrected chi connectivity index (χ4v) is 2.53. The van der Waals surface area contributed by atoms with E-state index in [1.807, 2.05) is 0 Å². The Kier molecular flexibility index (Phi) is 6.83. The molecule has 0 aromatic heterocycles. The number of hydrogen-bond acceptors (Lipinski definition) is 4. The molecule has 1 aromatic rings. The Morgan fingerprint density at radius 3 is 2.42 bits per heavy atom. The van der Waals surface area contributed by atoms with E-state index in [0.29, 0.717) is 25.3 Å². The zero-order valence-corrected chi connectivity index (χ0v) is 12.1. The molecule has 108 valence electrons. The van der Waals surface area contributed by atoms with Crippen molar-refractivity contribution in [2.24, 2.45) is 0 Å². The molecule has 6 heteroatoms. The van der Waals surface area contributed by atoms with E-state index in [1.165, 1.54) is 12.1 Å². The second kappa shape index (κ2) is 8.14. The van der Waals surface area contributed by atoms with Crippen LogP contribution in [0.1, 0.15) is 26.2 Å². The highest BCUT2D eigenvalue weighted by Gasteiger charge is 2.12. The number of rotatable bonds is 9. The standard InChI is InChI=1S/C13H22N2O3S/c1-2-3-10-18-11-4-9-15-19(16,17)13-7-5-12(14)6-8-13/h5-8,15H,2-4,9-11,14H2,1H3. The molecule has 0 amide bonds. The number of ether oxygens (including phenoxy) is 1. The Morgan fingerprint density at radius 1 is 1.16 bits per heavy atom. The predicted octanol–water partition coefficient (Wildman–Crippen LogP) is 1.75. The molecular weight excluding hydrogens is 264 g/mol. The van der Waals surface area contributed by atoms with E-state index in [0.717, 1.165) is 19.4 Å². The van der Waals surface area contributed by atoms with Gasteiger partial charge in [-0.2, -0.15) is 0 Å². The van der Waals surface area contributed by atoms with Crippen LogP contribution < -0.4 is 10.5 Å². The topological polar surface area (TPSA) is 81.4 Å². The molecule has 5 nitrogen and oxygen atoms in total. The first-order valence-corrected chi connectivity index (χ1v) is 7.97. The van der Waals surface area contributed by atoms with E-state index < -0.39 is 10.0 Å². The normalized spacial score (nSPS) is 11.6. The van der Waals surface area contributed by atoms with Crippen molar-refractivity contribution in [3.05, 3.63) is 24.3 Å². The smallest absolute Gasteiger partial charge is 0.240 e. The molecule has 1 rings (SSSR count). The minimum Gasteiger partial charge on any atom is -0.399 e. The minimum atomic E-state index is -3.44. The van der Waals surface area contributed by atoms with E-state index >= 15 is 0 Å².